The summed E-state index contributed by atoms with van der Waals surface area (Å²) in [4.78, 5) is 0. The van der Waals surface area contributed by atoms with E-state index in [1.54, 1.807) is 7.11 Å². The average molecular weight is 254 g/mol. The summed E-state index contributed by atoms with van der Waals surface area (Å²) in [6.07, 6.45) is -0.724. The van der Waals surface area contributed by atoms with Crippen LogP contribution in [0.15, 0.2) is 48.5 Å². The van der Waals surface area contributed by atoms with E-state index in [4.69, 9.17) is 4.74 Å². The number of benzene rings is 2. The van der Waals surface area contributed by atoms with Crippen LogP contribution in [0.25, 0.3) is 10.9 Å². The molecule has 19 heavy (non-hydrogen) atoms. The molecule has 1 aromatic heterocycles. The van der Waals surface area contributed by atoms with E-state index in [0.717, 1.165) is 22.2 Å². The molecule has 1 atom stereocenters. The minimum Gasteiger partial charge on any atom is -0.497 e. The largest absolute Gasteiger partial charge is 0.497 e. The van der Waals surface area contributed by atoms with E-state index in [1.807, 2.05) is 48.5 Å². The first-order valence-electron chi connectivity index (χ1n) is 6.04. The lowest BCUT2D eigenvalue weighted by molar-refractivity contribution is 0.216. The molecule has 0 spiro atoms. The molecule has 0 bridgehead atoms. The van der Waals surface area contributed by atoms with Gasteiger partial charge in [-0.2, -0.15) is 5.10 Å². The van der Waals surface area contributed by atoms with Crippen molar-refractivity contribution in [3.8, 4) is 5.75 Å². The summed E-state index contributed by atoms with van der Waals surface area (Å²) in [5.41, 5.74) is 2.36. The third-order valence-electron chi connectivity index (χ3n) is 3.20. The van der Waals surface area contributed by atoms with Gasteiger partial charge in [-0.05, 0) is 23.8 Å². The average Bonchev–Trinajstić information content (AvgIpc) is 2.90. The number of aliphatic hydroxyl groups is 1. The molecular formula is C15H14N2O2. The van der Waals surface area contributed by atoms with E-state index >= 15 is 0 Å². The Morgan fingerprint density at radius 3 is 2.58 bits per heavy atom. The minimum absolute atomic E-state index is 0.709. The van der Waals surface area contributed by atoms with Crippen molar-refractivity contribution in [3.63, 3.8) is 0 Å². The lowest BCUT2D eigenvalue weighted by atomic mass is 10.0. The second-order valence-corrected chi connectivity index (χ2v) is 4.33. The van der Waals surface area contributed by atoms with E-state index in [-0.39, 0.29) is 0 Å². The zero-order chi connectivity index (χ0) is 13.2. The third kappa shape index (κ3) is 2.06. The van der Waals surface area contributed by atoms with Gasteiger partial charge in [-0.25, -0.2) is 0 Å². The highest BCUT2D eigenvalue weighted by Crippen LogP contribution is 2.27. The zero-order valence-electron chi connectivity index (χ0n) is 10.5. The van der Waals surface area contributed by atoms with Crippen molar-refractivity contribution in [2.75, 3.05) is 7.11 Å². The number of aromatic nitrogens is 2. The number of fused-ring (bicyclic) bond motifs is 1. The first-order chi connectivity index (χ1) is 9.29. The Morgan fingerprint density at radius 1 is 1.11 bits per heavy atom. The van der Waals surface area contributed by atoms with Crippen LogP contribution in [0.2, 0.25) is 0 Å². The first-order valence-corrected chi connectivity index (χ1v) is 6.04. The van der Waals surface area contributed by atoms with Crippen molar-refractivity contribution in [3.05, 3.63) is 59.8 Å². The molecular weight excluding hydrogens is 240 g/mol. The smallest absolute Gasteiger partial charge is 0.121 e. The van der Waals surface area contributed by atoms with Gasteiger partial charge in [-0.15, -0.1) is 0 Å². The Hall–Kier alpha value is -2.33. The van der Waals surface area contributed by atoms with Crippen LogP contribution in [0.4, 0.5) is 0 Å². The van der Waals surface area contributed by atoms with Gasteiger partial charge < -0.3 is 9.84 Å². The van der Waals surface area contributed by atoms with Crippen LogP contribution in [-0.2, 0) is 0 Å². The predicted octanol–water partition coefficient (Wildman–Crippen LogP) is 2.65. The van der Waals surface area contributed by atoms with Crippen LogP contribution in [0.5, 0.6) is 5.75 Å². The van der Waals surface area contributed by atoms with Crippen LogP contribution in [0.3, 0.4) is 0 Å². The predicted molar refractivity (Wildman–Crippen MR) is 73.1 cm³/mol. The van der Waals surface area contributed by atoms with Crippen LogP contribution >= 0.6 is 0 Å². The minimum atomic E-state index is -0.724. The Bertz CT molecular complexity index is 689. The van der Waals surface area contributed by atoms with Gasteiger partial charge in [0.1, 0.15) is 11.9 Å². The molecule has 1 heterocycles. The number of methoxy groups -OCH3 is 1. The van der Waals surface area contributed by atoms with Gasteiger partial charge in [0.15, 0.2) is 0 Å². The Kier molecular flexibility index (Phi) is 2.93. The van der Waals surface area contributed by atoms with Gasteiger partial charge in [0.2, 0.25) is 0 Å². The number of hydrogen-bond donors (Lipinski definition) is 2. The van der Waals surface area contributed by atoms with Gasteiger partial charge >= 0.3 is 0 Å². The summed E-state index contributed by atoms with van der Waals surface area (Å²) < 4.78 is 5.11. The number of aliphatic hydroxyl groups excluding tert-OH is 1. The summed E-state index contributed by atoms with van der Waals surface area (Å²) in [5.74, 6) is 0.769. The molecule has 0 aliphatic rings. The molecule has 0 aliphatic heterocycles. The number of nitrogens with zero attached hydrogens (tertiary/aromatic N) is 1. The van der Waals surface area contributed by atoms with Crippen molar-refractivity contribution in [2.24, 2.45) is 0 Å². The second-order valence-electron chi connectivity index (χ2n) is 4.33. The zero-order valence-corrected chi connectivity index (χ0v) is 10.5. The molecule has 0 saturated heterocycles. The summed E-state index contributed by atoms with van der Waals surface area (Å²) in [6, 6.07) is 15.1. The number of H-pyrrole nitrogens is 1. The summed E-state index contributed by atoms with van der Waals surface area (Å²) in [5, 5.41) is 18.5. The highest BCUT2D eigenvalue weighted by molar-refractivity contribution is 5.81. The van der Waals surface area contributed by atoms with Crippen molar-refractivity contribution < 1.29 is 9.84 Å². The number of ether oxygens (including phenoxy) is 1. The van der Waals surface area contributed by atoms with Crippen molar-refractivity contribution in [1.29, 1.82) is 0 Å². The molecule has 3 aromatic rings. The molecule has 0 amide bonds. The molecule has 96 valence electrons. The van der Waals surface area contributed by atoms with Crippen molar-refractivity contribution in [2.45, 2.75) is 6.10 Å². The van der Waals surface area contributed by atoms with E-state index in [0.29, 0.717) is 5.69 Å². The molecule has 1 unspecified atom stereocenters. The van der Waals surface area contributed by atoms with E-state index in [2.05, 4.69) is 10.2 Å². The molecule has 0 radical (unpaired) electrons. The van der Waals surface area contributed by atoms with Crippen molar-refractivity contribution >= 4 is 10.9 Å². The SMILES string of the molecule is COc1ccc(C(O)c2[nH]nc3ccccc23)cc1. The quantitative estimate of drug-likeness (QED) is 0.755. The molecule has 4 heteroatoms. The maximum atomic E-state index is 10.4. The number of nitrogens with one attached hydrogen (secondary N) is 1. The molecule has 0 aliphatic carbocycles. The molecule has 2 N–H and O–H groups in total. The molecule has 3 rings (SSSR count). The Balaban J connectivity index is 2.00. The van der Waals surface area contributed by atoms with E-state index < -0.39 is 6.10 Å². The molecule has 2 aromatic carbocycles. The summed E-state index contributed by atoms with van der Waals surface area (Å²) >= 11 is 0. The summed E-state index contributed by atoms with van der Waals surface area (Å²) in [6.45, 7) is 0. The van der Waals surface area contributed by atoms with Crippen LogP contribution < -0.4 is 4.74 Å². The highest BCUT2D eigenvalue weighted by atomic mass is 16.5. The maximum Gasteiger partial charge on any atom is 0.121 e. The van der Waals surface area contributed by atoms with Gasteiger partial charge in [-0.3, -0.25) is 5.10 Å². The second kappa shape index (κ2) is 4.74. The van der Waals surface area contributed by atoms with E-state index in [1.165, 1.54) is 0 Å². The molecule has 0 saturated carbocycles. The van der Waals surface area contributed by atoms with Gasteiger partial charge in [0.05, 0.1) is 18.3 Å². The lowest BCUT2D eigenvalue weighted by Crippen LogP contribution is -2.00. The first kappa shape index (κ1) is 11.7. The monoisotopic (exact) mass is 254 g/mol. The summed E-state index contributed by atoms with van der Waals surface area (Å²) in [7, 11) is 1.62. The number of hydrogen-bond acceptors (Lipinski definition) is 3. The highest BCUT2D eigenvalue weighted by Gasteiger charge is 2.15. The van der Waals surface area contributed by atoms with Crippen LogP contribution in [0, 0.1) is 0 Å². The molecule has 0 fully saturated rings. The maximum absolute atomic E-state index is 10.4. The normalized spacial score (nSPS) is 12.5. The van der Waals surface area contributed by atoms with E-state index in [9.17, 15) is 5.11 Å². The molecule has 4 nitrogen and oxygen atoms in total. The third-order valence-corrected chi connectivity index (χ3v) is 3.20. The van der Waals surface area contributed by atoms with Gasteiger partial charge in [-0.1, -0.05) is 30.3 Å². The number of rotatable bonds is 3. The fourth-order valence-corrected chi connectivity index (χ4v) is 2.14. The van der Waals surface area contributed by atoms with Crippen molar-refractivity contribution in [1.82, 2.24) is 10.2 Å². The number of aromatic amines is 1. The topological polar surface area (TPSA) is 58.1 Å². The number of para-hydroxylation sites is 1. The standard InChI is InChI=1S/C15H14N2O2/c1-19-11-8-6-10(7-9-11)15(18)14-12-4-2-3-5-13(12)16-17-14/h2-9,15,18H,1H3,(H,16,17). The van der Waals surface area contributed by atoms with Crippen LogP contribution in [-0.4, -0.2) is 22.4 Å². The fraction of sp³-hybridized carbons (Fsp3) is 0.133. The lowest BCUT2D eigenvalue weighted by Gasteiger charge is -2.10. The Labute approximate surface area is 110 Å². The van der Waals surface area contributed by atoms with Gasteiger partial charge in [0, 0.05) is 5.39 Å². The van der Waals surface area contributed by atoms with Crippen LogP contribution in [0.1, 0.15) is 17.4 Å². The Morgan fingerprint density at radius 2 is 1.84 bits per heavy atom. The van der Waals surface area contributed by atoms with Gasteiger partial charge in [0.25, 0.3) is 0 Å². The fourth-order valence-electron chi connectivity index (χ4n) is 2.14.